The van der Waals surface area contributed by atoms with Gasteiger partial charge in [-0.1, -0.05) is 27.2 Å². The number of aromatic hydroxyl groups is 1. The molecule has 0 saturated heterocycles. The summed E-state index contributed by atoms with van der Waals surface area (Å²) in [7, 11) is 0. The number of phenolic OH excluding ortho intramolecular Hbond substituents is 1. The van der Waals surface area contributed by atoms with Gasteiger partial charge in [0, 0.05) is 4.88 Å². The number of nitrogens with one attached hydrogen (secondary N) is 1. The number of rotatable bonds is 5. The number of hydrogen-bond donors (Lipinski definition) is 2. The van der Waals surface area contributed by atoms with Gasteiger partial charge in [-0.25, -0.2) is 9.97 Å². The van der Waals surface area contributed by atoms with Crippen LogP contribution in [0.15, 0.2) is 35.7 Å². The fraction of sp³-hybridized carbons (Fsp3) is 0.409. The molecule has 0 aliphatic heterocycles. The highest BCUT2D eigenvalue weighted by Gasteiger charge is 2.33. The van der Waals surface area contributed by atoms with Crippen molar-refractivity contribution >= 4 is 33.6 Å². The van der Waals surface area contributed by atoms with E-state index in [-0.39, 0.29) is 5.75 Å². The lowest BCUT2D eigenvalue weighted by atomic mass is 9.69. The van der Waals surface area contributed by atoms with E-state index in [4.69, 9.17) is 0 Å². The number of thiophene rings is 1. The molecule has 0 saturated carbocycles. The summed E-state index contributed by atoms with van der Waals surface area (Å²) in [4.78, 5) is 11.5. The maximum Gasteiger partial charge on any atom is 0.158 e. The normalized spacial score (nSPS) is 17.2. The van der Waals surface area contributed by atoms with Crippen LogP contribution in [0.3, 0.4) is 0 Å². The monoisotopic (exact) mass is 394 g/mol. The number of hydrazone groups is 1. The first kappa shape index (κ1) is 18.9. The average Bonchev–Trinajstić information content (AvgIpc) is 3.08. The van der Waals surface area contributed by atoms with Gasteiger partial charge in [0.2, 0.25) is 0 Å². The molecule has 28 heavy (non-hydrogen) atoms. The van der Waals surface area contributed by atoms with Crippen molar-refractivity contribution in [2.75, 3.05) is 5.43 Å². The highest BCUT2D eigenvalue weighted by Crippen LogP contribution is 2.45. The van der Waals surface area contributed by atoms with Crippen molar-refractivity contribution in [1.29, 1.82) is 0 Å². The second-order valence-corrected chi connectivity index (χ2v) is 9.23. The van der Waals surface area contributed by atoms with Crippen molar-refractivity contribution in [2.45, 2.75) is 46.5 Å². The Morgan fingerprint density at radius 3 is 2.82 bits per heavy atom. The molecule has 0 bridgehead atoms. The third-order valence-corrected chi connectivity index (χ3v) is 7.33. The van der Waals surface area contributed by atoms with Crippen molar-refractivity contribution in [3.05, 3.63) is 46.6 Å². The first-order valence-electron chi connectivity index (χ1n) is 9.81. The molecule has 1 aliphatic carbocycles. The molecule has 146 valence electrons. The Bertz CT molecular complexity index is 1010. The number of phenols is 1. The lowest BCUT2D eigenvalue weighted by Crippen LogP contribution is -2.28. The Hall–Kier alpha value is -2.47. The third kappa shape index (κ3) is 3.61. The lowest BCUT2D eigenvalue weighted by molar-refractivity contribution is 0.184. The Balaban J connectivity index is 1.63. The fourth-order valence-corrected chi connectivity index (χ4v) is 5.06. The van der Waals surface area contributed by atoms with Gasteiger partial charge in [0.25, 0.3) is 0 Å². The van der Waals surface area contributed by atoms with Crippen LogP contribution in [0.4, 0.5) is 5.82 Å². The number of aromatic nitrogens is 2. The van der Waals surface area contributed by atoms with E-state index in [1.54, 1.807) is 36.0 Å². The van der Waals surface area contributed by atoms with E-state index in [0.29, 0.717) is 11.3 Å². The summed E-state index contributed by atoms with van der Waals surface area (Å²) >= 11 is 1.79. The summed E-state index contributed by atoms with van der Waals surface area (Å²) in [5, 5.41) is 14.9. The van der Waals surface area contributed by atoms with Gasteiger partial charge in [0.15, 0.2) is 5.82 Å². The highest BCUT2D eigenvalue weighted by molar-refractivity contribution is 7.19. The molecule has 2 N–H and O–H groups in total. The molecule has 1 atom stereocenters. The Morgan fingerprint density at radius 1 is 1.29 bits per heavy atom. The first-order valence-corrected chi connectivity index (χ1v) is 10.6. The van der Waals surface area contributed by atoms with Crippen LogP contribution in [-0.4, -0.2) is 21.3 Å². The maximum absolute atomic E-state index is 9.39. The van der Waals surface area contributed by atoms with Crippen LogP contribution in [0, 0.1) is 11.3 Å². The molecule has 5 nitrogen and oxygen atoms in total. The van der Waals surface area contributed by atoms with E-state index in [2.05, 4.69) is 41.3 Å². The van der Waals surface area contributed by atoms with E-state index in [1.165, 1.54) is 23.3 Å². The van der Waals surface area contributed by atoms with Crippen molar-refractivity contribution < 1.29 is 5.11 Å². The van der Waals surface area contributed by atoms with Crippen LogP contribution < -0.4 is 5.43 Å². The molecule has 4 rings (SSSR count). The zero-order valence-electron chi connectivity index (χ0n) is 16.6. The standard InChI is InChI=1S/C22H26N4OS/c1-4-22(2,3)15-7-10-18-17(11-15)19-20(23-13-24-21(19)28-18)26-25-12-14-5-8-16(27)9-6-14/h5-6,8-9,12-13,15,27H,4,7,10-11H2,1-3H3,(H,23,24,26)/b25-12-/t15-/m1/s1. The van der Waals surface area contributed by atoms with E-state index in [0.717, 1.165) is 34.4 Å². The van der Waals surface area contributed by atoms with Gasteiger partial charge in [0.05, 0.1) is 11.6 Å². The zero-order valence-corrected chi connectivity index (χ0v) is 17.4. The van der Waals surface area contributed by atoms with Crippen LogP contribution >= 0.6 is 11.3 Å². The Kier molecular flexibility index (Phi) is 5.06. The number of hydrogen-bond acceptors (Lipinski definition) is 6. The highest BCUT2D eigenvalue weighted by atomic mass is 32.1. The van der Waals surface area contributed by atoms with Crippen molar-refractivity contribution in [1.82, 2.24) is 9.97 Å². The van der Waals surface area contributed by atoms with Crippen LogP contribution in [-0.2, 0) is 12.8 Å². The summed E-state index contributed by atoms with van der Waals surface area (Å²) in [5.74, 6) is 1.70. The zero-order chi connectivity index (χ0) is 19.7. The van der Waals surface area contributed by atoms with Crippen LogP contribution in [0.1, 0.15) is 49.6 Å². The molecule has 0 radical (unpaired) electrons. The quantitative estimate of drug-likeness (QED) is 0.450. The van der Waals surface area contributed by atoms with Crippen LogP contribution in [0.2, 0.25) is 0 Å². The van der Waals surface area contributed by atoms with E-state index < -0.39 is 0 Å². The van der Waals surface area contributed by atoms with Gasteiger partial charge in [-0.15, -0.1) is 11.3 Å². The molecule has 0 unspecified atom stereocenters. The first-order chi connectivity index (χ1) is 13.5. The van der Waals surface area contributed by atoms with Gasteiger partial charge in [0.1, 0.15) is 16.9 Å². The molecule has 1 aliphatic rings. The summed E-state index contributed by atoms with van der Waals surface area (Å²) in [6.07, 6.45) is 7.98. The molecular weight excluding hydrogens is 368 g/mol. The number of nitrogens with zero attached hydrogens (tertiary/aromatic N) is 3. The number of fused-ring (bicyclic) bond motifs is 3. The fourth-order valence-electron chi connectivity index (χ4n) is 3.88. The molecular formula is C22H26N4OS. The number of anilines is 1. The molecule has 0 fully saturated rings. The second-order valence-electron chi connectivity index (χ2n) is 8.15. The molecule has 1 aromatic carbocycles. The van der Waals surface area contributed by atoms with Crippen molar-refractivity contribution in [3.63, 3.8) is 0 Å². The Labute approximate surface area is 169 Å². The predicted octanol–water partition coefficient (Wildman–Crippen LogP) is 5.38. The summed E-state index contributed by atoms with van der Waals surface area (Å²) in [6.45, 7) is 7.05. The minimum absolute atomic E-state index is 0.247. The SMILES string of the molecule is CCC(C)(C)[C@@H]1CCc2sc3ncnc(N/N=C\c4ccc(O)cc4)c3c2C1. The molecule has 0 amide bonds. The third-order valence-electron chi connectivity index (χ3n) is 6.13. The largest absolute Gasteiger partial charge is 0.508 e. The smallest absolute Gasteiger partial charge is 0.158 e. The molecule has 2 heterocycles. The molecule has 2 aromatic heterocycles. The minimum atomic E-state index is 0.247. The topological polar surface area (TPSA) is 70.4 Å². The molecule has 3 aromatic rings. The van der Waals surface area contributed by atoms with Crippen LogP contribution in [0.5, 0.6) is 5.75 Å². The summed E-state index contributed by atoms with van der Waals surface area (Å²) < 4.78 is 0. The Morgan fingerprint density at radius 2 is 2.07 bits per heavy atom. The number of benzene rings is 1. The van der Waals surface area contributed by atoms with Gasteiger partial charge >= 0.3 is 0 Å². The summed E-state index contributed by atoms with van der Waals surface area (Å²) in [6, 6.07) is 6.93. The van der Waals surface area contributed by atoms with Crippen LogP contribution in [0.25, 0.3) is 10.2 Å². The van der Waals surface area contributed by atoms with E-state index >= 15 is 0 Å². The van der Waals surface area contributed by atoms with Gasteiger partial charge in [-0.3, -0.25) is 5.43 Å². The van der Waals surface area contributed by atoms with Gasteiger partial charge in [-0.05, 0) is 66.0 Å². The van der Waals surface area contributed by atoms with Gasteiger partial charge in [-0.2, -0.15) is 5.10 Å². The second kappa shape index (κ2) is 7.51. The van der Waals surface area contributed by atoms with E-state index in [1.807, 2.05) is 12.1 Å². The minimum Gasteiger partial charge on any atom is -0.508 e. The van der Waals surface area contributed by atoms with E-state index in [9.17, 15) is 5.11 Å². The van der Waals surface area contributed by atoms with Crippen molar-refractivity contribution in [2.24, 2.45) is 16.4 Å². The van der Waals surface area contributed by atoms with Crippen molar-refractivity contribution in [3.8, 4) is 5.75 Å². The average molecular weight is 395 g/mol. The summed E-state index contributed by atoms with van der Waals surface area (Å²) in [5.41, 5.74) is 5.77. The maximum atomic E-state index is 9.39. The molecule has 0 spiro atoms. The van der Waals surface area contributed by atoms with Gasteiger partial charge < -0.3 is 5.11 Å². The predicted molar refractivity (Wildman–Crippen MR) is 116 cm³/mol. The lowest BCUT2D eigenvalue weighted by Gasteiger charge is -2.36. The molecule has 6 heteroatoms. The number of aryl methyl sites for hydroxylation is 1.